The van der Waals surface area contributed by atoms with Gasteiger partial charge in [0.1, 0.15) is 5.82 Å². The zero-order chi connectivity index (χ0) is 13.3. The summed E-state index contributed by atoms with van der Waals surface area (Å²) in [4.78, 5) is 1.98. The van der Waals surface area contributed by atoms with Crippen LogP contribution in [0.5, 0.6) is 0 Å². The van der Waals surface area contributed by atoms with Gasteiger partial charge in [0.05, 0.1) is 11.5 Å². The molecular weight excluding hydrogens is 255 g/mol. The topological polar surface area (TPSA) is 63.4 Å². The van der Waals surface area contributed by atoms with Gasteiger partial charge in [-0.25, -0.2) is 12.8 Å². The van der Waals surface area contributed by atoms with E-state index in [1.807, 2.05) is 11.8 Å². The maximum atomic E-state index is 13.7. The van der Waals surface area contributed by atoms with Gasteiger partial charge in [-0.2, -0.15) is 0 Å². The maximum absolute atomic E-state index is 13.7. The Hall–Kier alpha value is -1.14. The Balaban J connectivity index is 2.10. The summed E-state index contributed by atoms with van der Waals surface area (Å²) in [6, 6.07) is 4.52. The van der Waals surface area contributed by atoms with Crippen LogP contribution in [0.4, 0.5) is 10.1 Å². The lowest BCUT2D eigenvalue weighted by molar-refractivity contribution is 0.215. The lowest BCUT2D eigenvalue weighted by Crippen LogP contribution is -2.46. The van der Waals surface area contributed by atoms with Gasteiger partial charge in [-0.1, -0.05) is 6.07 Å². The van der Waals surface area contributed by atoms with E-state index in [4.69, 9.17) is 5.73 Å². The minimum Gasteiger partial charge on any atom is -0.399 e. The summed E-state index contributed by atoms with van der Waals surface area (Å²) in [7, 11) is -2.93. The maximum Gasteiger partial charge on any atom is 0.153 e. The Morgan fingerprint density at radius 1 is 1.50 bits per heavy atom. The molecule has 18 heavy (non-hydrogen) atoms. The Morgan fingerprint density at radius 3 is 2.83 bits per heavy atom. The molecule has 100 valence electrons. The summed E-state index contributed by atoms with van der Waals surface area (Å²) in [5.41, 5.74) is 6.44. The number of nitrogen functional groups attached to an aromatic ring is 1. The van der Waals surface area contributed by atoms with Gasteiger partial charge in [-0.05, 0) is 19.1 Å². The first-order chi connectivity index (χ1) is 8.37. The van der Waals surface area contributed by atoms with E-state index in [-0.39, 0.29) is 23.4 Å². The van der Waals surface area contributed by atoms with Crippen LogP contribution in [0, 0.1) is 5.82 Å². The van der Waals surface area contributed by atoms with Crippen LogP contribution in [0.2, 0.25) is 0 Å². The summed E-state index contributed by atoms with van der Waals surface area (Å²) >= 11 is 0. The number of benzene rings is 1. The number of nitrogens with two attached hydrogens (primary N) is 1. The number of hydrogen-bond donors (Lipinski definition) is 1. The minimum atomic E-state index is -2.93. The van der Waals surface area contributed by atoms with Crippen LogP contribution in [0.1, 0.15) is 12.5 Å². The summed E-state index contributed by atoms with van der Waals surface area (Å²) in [5, 5.41) is 0. The second-order valence-electron chi connectivity index (χ2n) is 4.78. The van der Waals surface area contributed by atoms with Gasteiger partial charge in [0.2, 0.25) is 0 Å². The average Bonchev–Trinajstić information content (AvgIpc) is 2.24. The fourth-order valence-corrected chi connectivity index (χ4v) is 3.80. The molecule has 2 rings (SSSR count). The molecule has 1 heterocycles. The van der Waals surface area contributed by atoms with Crippen LogP contribution in [-0.2, 0) is 16.4 Å². The summed E-state index contributed by atoms with van der Waals surface area (Å²) in [6.07, 6.45) is 0. The molecule has 1 aliphatic rings. The highest BCUT2D eigenvalue weighted by atomic mass is 32.2. The van der Waals surface area contributed by atoms with Crippen LogP contribution in [-0.4, -0.2) is 37.4 Å². The first kappa shape index (κ1) is 13.3. The predicted octanol–water partition coefficient (Wildman–Crippen LogP) is 1.03. The van der Waals surface area contributed by atoms with Gasteiger partial charge in [-0.15, -0.1) is 0 Å². The van der Waals surface area contributed by atoms with E-state index in [2.05, 4.69) is 0 Å². The van der Waals surface area contributed by atoms with Crippen molar-refractivity contribution in [1.82, 2.24) is 4.90 Å². The fourth-order valence-electron chi connectivity index (χ4n) is 2.18. The lowest BCUT2D eigenvalue weighted by Gasteiger charge is -2.33. The molecule has 1 aromatic carbocycles. The van der Waals surface area contributed by atoms with Crippen molar-refractivity contribution in [2.75, 3.05) is 23.8 Å². The van der Waals surface area contributed by atoms with Crippen LogP contribution in [0.15, 0.2) is 18.2 Å². The van der Waals surface area contributed by atoms with Crippen molar-refractivity contribution < 1.29 is 12.8 Å². The van der Waals surface area contributed by atoms with Gasteiger partial charge in [-0.3, -0.25) is 4.90 Å². The molecule has 0 bridgehead atoms. The molecule has 0 aliphatic carbocycles. The Bertz CT molecular complexity index is 545. The Morgan fingerprint density at radius 2 is 2.22 bits per heavy atom. The summed E-state index contributed by atoms with van der Waals surface area (Å²) in [5.74, 6) is -0.0482. The average molecular weight is 272 g/mol. The van der Waals surface area contributed by atoms with E-state index < -0.39 is 9.84 Å². The van der Waals surface area contributed by atoms with Crippen molar-refractivity contribution in [3.05, 3.63) is 29.6 Å². The minimum absolute atomic E-state index is 0.0827. The van der Waals surface area contributed by atoms with E-state index in [0.717, 1.165) is 0 Å². The molecule has 0 radical (unpaired) electrons. The van der Waals surface area contributed by atoms with Gasteiger partial charge < -0.3 is 5.73 Å². The van der Waals surface area contributed by atoms with Crippen LogP contribution >= 0.6 is 0 Å². The van der Waals surface area contributed by atoms with Crippen molar-refractivity contribution in [1.29, 1.82) is 0 Å². The number of halogens is 1. The SMILES string of the molecule is CC1CS(=O)(=O)CCN1Cc1ccc(N)cc1F. The molecule has 1 aliphatic heterocycles. The number of rotatable bonds is 2. The largest absolute Gasteiger partial charge is 0.399 e. The molecular formula is C12H17FN2O2S. The number of nitrogens with zero attached hydrogens (tertiary/aromatic N) is 1. The summed E-state index contributed by atoms with van der Waals surface area (Å²) < 4.78 is 36.6. The highest BCUT2D eigenvalue weighted by Crippen LogP contribution is 2.18. The van der Waals surface area contributed by atoms with Crippen LogP contribution < -0.4 is 5.73 Å². The Labute approximate surface area is 107 Å². The smallest absolute Gasteiger partial charge is 0.153 e. The van der Waals surface area contributed by atoms with E-state index >= 15 is 0 Å². The van der Waals surface area contributed by atoms with E-state index in [9.17, 15) is 12.8 Å². The third kappa shape index (κ3) is 3.00. The molecule has 0 saturated carbocycles. The number of sulfone groups is 1. The Kier molecular flexibility index (Phi) is 3.59. The molecule has 2 N–H and O–H groups in total. The normalized spacial score (nSPS) is 24.0. The molecule has 0 amide bonds. The highest BCUT2D eigenvalue weighted by Gasteiger charge is 2.28. The van der Waals surface area contributed by atoms with E-state index in [0.29, 0.717) is 24.3 Å². The molecule has 6 heteroatoms. The van der Waals surface area contributed by atoms with Crippen molar-refractivity contribution in [2.45, 2.75) is 19.5 Å². The third-order valence-electron chi connectivity index (χ3n) is 3.26. The first-order valence-electron chi connectivity index (χ1n) is 5.86. The van der Waals surface area contributed by atoms with Crippen LogP contribution in [0.25, 0.3) is 0 Å². The van der Waals surface area contributed by atoms with E-state index in [1.165, 1.54) is 6.07 Å². The van der Waals surface area contributed by atoms with E-state index in [1.54, 1.807) is 12.1 Å². The second-order valence-corrected chi connectivity index (χ2v) is 7.01. The standard InChI is InChI=1S/C12H17FN2O2S/c1-9-8-18(16,17)5-4-15(9)7-10-2-3-11(14)6-12(10)13/h2-3,6,9H,4-5,7-8,14H2,1H3. The third-order valence-corrected chi connectivity index (χ3v) is 5.05. The summed E-state index contributed by atoms with van der Waals surface area (Å²) in [6.45, 7) is 2.72. The quantitative estimate of drug-likeness (QED) is 0.817. The molecule has 1 fully saturated rings. The molecule has 0 aromatic heterocycles. The zero-order valence-corrected chi connectivity index (χ0v) is 11.1. The molecule has 1 saturated heterocycles. The van der Waals surface area contributed by atoms with Crippen molar-refractivity contribution in [2.24, 2.45) is 0 Å². The monoisotopic (exact) mass is 272 g/mol. The van der Waals surface area contributed by atoms with Crippen molar-refractivity contribution >= 4 is 15.5 Å². The van der Waals surface area contributed by atoms with Gasteiger partial charge >= 0.3 is 0 Å². The molecule has 1 unspecified atom stereocenters. The molecule has 1 atom stereocenters. The van der Waals surface area contributed by atoms with Gasteiger partial charge in [0, 0.05) is 30.4 Å². The fraction of sp³-hybridized carbons (Fsp3) is 0.500. The first-order valence-corrected chi connectivity index (χ1v) is 7.68. The number of anilines is 1. The molecule has 1 aromatic rings. The second kappa shape index (κ2) is 4.85. The zero-order valence-electron chi connectivity index (χ0n) is 10.3. The number of hydrogen-bond acceptors (Lipinski definition) is 4. The highest BCUT2D eigenvalue weighted by molar-refractivity contribution is 7.91. The van der Waals surface area contributed by atoms with Crippen LogP contribution in [0.3, 0.4) is 0 Å². The molecule has 0 spiro atoms. The molecule has 4 nitrogen and oxygen atoms in total. The van der Waals surface area contributed by atoms with Crippen molar-refractivity contribution in [3.63, 3.8) is 0 Å². The van der Waals surface area contributed by atoms with Gasteiger partial charge in [0.25, 0.3) is 0 Å². The van der Waals surface area contributed by atoms with Crippen molar-refractivity contribution in [3.8, 4) is 0 Å². The predicted molar refractivity (Wildman–Crippen MR) is 69.3 cm³/mol. The van der Waals surface area contributed by atoms with Gasteiger partial charge in [0.15, 0.2) is 9.84 Å². The lowest BCUT2D eigenvalue weighted by atomic mass is 10.1.